The minimum Gasteiger partial charge on any atom is -0.488 e. The first kappa shape index (κ1) is 22.3. The molecule has 0 amide bonds. The molecule has 2 heterocycles. The van der Waals surface area contributed by atoms with Crippen LogP contribution in [0.25, 0.3) is 0 Å². The molecule has 31 heavy (non-hydrogen) atoms. The number of hydrogen-bond acceptors (Lipinski definition) is 5. The molecule has 0 aromatic heterocycles. The van der Waals surface area contributed by atoms with Crippen LogP contribution < -0.4 is 10.2 Å². The first-order chi connectivity index (χ1) is 14.4. The predicted octanol–water partition coefficient (Wildman–Crippen LogP) is 3.27. The van der Waals surface area contributed by atoms with E-state index in [9.17, 15) is 8.42 Å². The summed E-state index contributed by atoms with van der Waals surface area (Å²) < 4.78 is 46.5. The van der Waals surface area contributed by atoms with Gasteiger partial charge in [0, 0.05) is 6.54 Å². The minimum absolute atomic E-state index is 0.208. The van der Waals surface area contributed by atoms with Crippen LogP contribution in [0.1, 0.15) is 45.7 Å². The summed E-state index contributed by atoms with van der Waals surface area (Å²) in [5.74, 6) is 0.403. The predicted molar refractivity (Wildman–Crippen MR) is 121 cm³/mol. The van der Waals surface area contributed by atoms with Gasteiger partial charge in [0.25, 0.3) is 0 Å². The average molecular weight is 443 g/mol. The molecule has 1 saturated heterocycles. The van der Waals surface area contributed by atoms with Crippen molar-refractivity contribution >= 4 is 22.6 Å². The van der Waals surface area contributed by atoms with E-state index in [1.165, 1.54) is 4.31 Å². The van der Waals surface area contributed by atoms with Crippen molar-refractivity contribution in [3.8, 4) is 5.75 Å². The van der Waals surface area contributed by atoms with Crippen molar-refractivity contribution in [2.24, 2.45) is 0 Å². The maximum absolute atomic E-state index is 13.4. The van der Waals surface area contributed by atoms with Crippen LogP contribution in [0, 0.1) is 6.92 Å². The molecule has 0 spiro atoms. The number of ether oxygens (including phenoxy) is 1. The Bertz CT molecular complexity index is 1080. The summed E-state index contributed by atoms with van der Waals surface area (Å²) >= 11 is 0. The molecule has 2 aliphatic rings. The van der Waals surface area contributed by atoms with Gasteiger partial charge in [0.05, 0.1) is 17.7 Å². The maximum atomic E-state index is 13.4. The molecular formula is C23H30BNO5S. The Kier molecular flexibility index (Phi) is 5.49. The minimum atomic E-state index is -3.69. The molecule has 4 rings (SSSR count). The number of nitrogens with zero attached hydrogens (tertiary/aromatic N) is 1. The molecule has 166 valence electrons. The van der Waals surface area contributed by atoms with Crippen LogP contribution in [0.15, 0.2) is 47.4 Å². The highest BCUT2D eigenvalue weighted by atomic mass is 32.2. The van der Waals surface area contributed by atoms with Crippen LogP contribution >= 0.6 is 0 Å². The third-order valence-corrected chi connectivity index (χ3v) is 8.35. The van der Waals surface area contributed by atoms with Crippen molar-refractivity contribution < 1.29 is 22.5 Å². The second-order valence-electron chi connectivity index (χ2n) is 9.45. The topological polar surface area (TPSA) is 65.1 Å². The summed E-state index contributed by atoms with van der Waals surface area (Å²) in [5.41, 5.74) is 1.95. The van der Waals surface area contributed by atoms with E-state index in [0.29, 0.717) is 5.75 Å². The first-order valence-electron chi connectivity index (χ1n) is 10.6. The highest BCUT2D eigenvalue weighted by Gasteiger charge is 2.51. The molecule has 8 heteroatoms. The fraction of sp³-hybridized carbons (Fsp3) is 0.478. The van der Waals surface area contributed by atoms with Gasteiger partial charge < -0.3 is 14.0 Å². The molecular weight excluding hydrogens is 413 g/mol. The van der Waals surface area contributed by atoms with Gasteiger partial charge >= 0.3 is 7.12 Å². The lowest BCUT2D eigenvalue weighted by atomic mass is 9.78. The fourth-order valence-corrected chi connectivity index (χ4v) is 5.48. The number of para-hydroxylation sites is 1. The van der Waals surface area contributed by atoms with E-state index in [1.807, 2.05) is 59.7 Å². The SMILES string of the molecule is Cc1ccc(B2OC(C)(C)C(C)(C)O2)cc1CN1C[C@@H](C)Oc2ccccc2S1(=O)=O. The smallest absolute Gasteiger partial charge is 0.488 e. The van der Waals surface area contributed by atoms with Crippen molar-refractivity contribution in [2.45, 2.75) is 70.3 Å². The number of fused-ring (bicyclic) bond motifs is 1. The summed E-state index contributed by atoms with van der Waals surface area (Å²) in [5, 5.41) is 0. The third-order valence-electron chi connectivity index (χ3n) is 6.50. The number of hydrogen-bond donors (Lipinski definition) is 0. The highest BCUT2D eigenvalue weighted by molar-refractivity contribution is 7.89. The number of aryl methyl sites for hydroxylation is 1. The van der Waals surface area contributed by atoms with Gasteiger partial charge in [0.2, 0.25) is 10.0 Å². The Morgan fingerprint density at radius 3 is 2.39 bits per heavy atom. The van der Waals surface area contributed by atoms with Gasteiger partial charge in [0.15, 0.2) is 0 Å². The third kappa shape index (κ3) is 4.02. The van der Waals surface area contributed by atoms with Gasteiger partial charge in [0.1, 0.15) is 16.7 Å². The van der Waals surface area contributed by atoms with Crippen LogP contribution in [0.2, 0.25) is 0 Å². The Morgan fingerprint density at radius 2 is 1.71 bits per heavy atom. The lowest BCUT2D eigenvalue weighted by Crippen LogP contribution is -2.41. The average Bonchev–Trinajstić information content (AvgIpc) is 2.84. The molecule has 2 aliphatic heterocycles. The maximum Gasteiger partial charge on any atom is 0.494 e. The van der Waals surface area contributed by atoms with Crippen molar-refractivity contribution in [3.63, 3.8) is 0 Å². The van der Waals surface area contributed by atoms with Crippen molar-refractivity contribution in [1.29, 1.82) is 0 Å². The Labute approximate surface area is 185 Å². The highest BCUT2D eigenvalue weighted by Crippen LogP contribution is 2.37. The van der Waals surface area contributed by atoms with E-state index in [2.05, 4.69) is 0 Å². The van der Waals surface area contributed by atoms with Crippen LogP contribution in [0.3, 0.4) is 0 Å². The molecule has 0 unspecified atom stereocenters. The Morgan fingerprint density at radius 1 is 1.06 bits per heavy atom. The molecule has 6 nitrogen and oxygen atoms in total. The molecule has 2 aromatic rings. The quantitative estimate of drug-likeness (QED) is 0.682. The summed E-state index contributed by atoms with van der Waals surface area (Å²) in [6, 6.07) is 12.8. The summed E-state index contributed by atoms with van der Waals surface area (Å²) in [7, 11) is -4.18. The van der Waals surface area contributed by atoms with Gasteiger partial charge in [-0.05, 0) is 70.3 Å². The second kappa shape index (κ2) is 7.62. The van der Waals surface area contributed by atoms with Crippen molar-refractivity contribution in [1.82, 2.24) is 4.31 Å². The Balaban J connectivity index is 1.66. The van der Waals surface area contributed by atoms with Crippen LogP contribution in [-0.2, 0) is 25.9 Å². The van der Waals surface area contributed by atoms with E-state index in [0.717, 1.165) is 16.6 Å². The molecule has 2 aromatic carbocycles. The van der Waals surface area contributed by atoms with Gasteiger partial charge in [-0.25, -0.2) is 8.42 Å². The molecule has 1 atom stereocenters. The molecule has 0 aliphatic carbocycles. The number of sulfonamides is 1. The second-order valence-corrected chi connectivity index (χ2v) is 11.4. The normalized spacial score (nSPS) is 24.3. The van der Waals surface area contributed by atoms with E-state index >= 15 is 0 Å². The Hall–Kier alpha value is -1.87. The summed E-state index contributed by atoms with van der Waals surface area (Å²) in [6.07, 6.45) is -0.259. The molecule has 0 radical (unpaired) electrons. The van der Waals surface area contributed by atoms with Crippen LogP contribution in [-0.4, -0.2) is 43.7 Å². The van der Waals surface area contributed by atoms with Crippen molar-refractivity contribution in [3.05, 3.63) is 53.6 Å². The fourth-order valence-electron chi connectivity index (χ4n) is 3.87. The molecule has 0 N–H and O–H groups in total. The zero-order chi connectivity index (χ0) is 22.6. The van der Waals surface area contributed by atoms with E-state index in [4.69, 9.17) is 14.0 Å². The zero-order valence-corrected chi connectivity index (χ0v) is 19.8. The van der Waals surface area contributed by atoms with Gasteiger partial charge in [-0.3, -0.25) is 0 Å². The largest absolute Gasteiger partial charge is 0.494 e. The van der Waals surface area contributed by atoms with Gasteiger partial charge in [-0.2, -0.15) is 4.31 Å². The lowest BCUT2D eigenvalue weighted by molar-refractivity contribution is 0.00578. The summed E-state index contributed by atoms with van der Waals surface area (Å²) in [6.45, 7) is 12.5. The monoisotopic (exact) mass is 443 g/mol. The molecule has 0 bridgehead atoms. The lowest BCUT2D eigenvalue weighted by Gasteiger charge is -2.32. The van der Waals surface area contributed by atoms with Crippen molar-refractivity contribution in [2.75, 3.05) is 6.54 Å². The molecule has 0 saturated carbocycles. The first-order valence-corrected chi connectivity index (χ1v) is 12.1. The van der Waals surface area contributed by atoms with E-state index in [-0.39, 0.29) is 24.1 Å². The van der Waals surface area contributed by atoms with E-state index in [1.54, 1.807) is 24.3 Å². The van der Waals surface area contributed by atoms with Gasteiger partial charge in [-0.1, -0.05) is 30.3 Å². The zero-order valence-electron chi connectivity index (χ0n) is 19.0. The van der Waals surface area contributed by atoms with Crippen LogP contribution in [0.4, 0.5) is 0 Å². The number of rotatable bonds is 3. The van der Waals surface area contributed by atoms with Crippen LogP contribution in [0.5, 0.6) is 5.75 Å². The molecule has 1 fully saturated rings. The van der Waals surface area contributed by atoms with Gasteiger partial charge in [-0.15, -0.1) is 0 Å². The summed E-state index contributed by atoms with van der Waals surface area (Å²) in [4.78, 5) is 0.208. The number of benzene rings is 2. The standard InChI is InChI=1S/C23H30BNO5S/c1-16-11-12-19(24-29-22(3,4)23(5,6)30-24)13-18(16)15-25-14-17(2)28-20-9-7-8-10-21(20)31(25,26)27/h7-13,17H,14-15H2,1-6H3/t17-/m1/s1. The van der Waals surface area contributed by atoms with E-state index < -0.39 is 28.3 Å².